The van der Waals surface area contributed by atoms with E-state index in [-0.39, 0.29) is 11.5 Å². The van der Waals surface area contributed by atoms with Crippen molar-refractivity contribution in [3.8, 4) is 17.2 Å². The summed E-state index contributed by atoms with van der Waals surface area (Å²) >= 11 is 0. The molecular formula is C20H23N5O4. The number of amides is 1. The number of nitrogens with zero attached hydrogens (tertiary/aromatic N) is 2. The van der Waals surface area contributed by atoms with E-state index < -0.39 is 5.91 Å². The van der Waals surface area contributed by atoms with Crippen molar-refractivity contribution in [1.29, 1.82) is 0 Å². The van der Waals surface area contributed by atoms with E-state index in [4.69, 9.17) is 14.2 Å². The Morgan fingerprint density at radius 1 is 1.03 bits per heavy atom. The van der Waals surface area contributed by atoms with Gasteiger partial charge in [-0.15, -0.1) is 10.2 Å². The van der Waals surface area contributed by atoms with Gasteiger partial charge in [-0.1, -0.05) is 6.07 Å². The number of rotatable bonds is 9. The number of carbonyl (C=O) groups is 1. The molecule has 0 bridgehead atoms. The summed E-state index contributed by atoms with van der Waals surface area (Å²) in [5.41, 5.74) is 1.30. The summed E-state index contributed by atoms with van der Waals surface area (Å²) < 4.78 is 16.3. The molecule has 1 amide bonds. The summed E-state index contributed by atoms with van der Waals surface area (Å²) in [6.07, 6.45) is 0. The average molecular weight is 397 g/mol. The van der Waals surface area contributed by atoms with Crippen molar-refractivity contribution >= 4 is 23.1 Å². The van der Waals surface area contributed by atoms with E-state index in [1.807, 2.05) is 32.0 Å². The third-order valence-corrected chi connectivity index (χ3v) is 3.91. The van der Waals surface area contributed by atoms with Gasteiger partial charge in [-0.05, 0) is 38.1 Å². The zero-order valence-electron chi connectivity index (χ0n) is 16.5. The average Bonchev–Trinajstić information content (AvgIpc) is 3.18. The zero-order valence-corrected chi connectivity index (χ0v) is 16.5. The lowest BCUT2D eigenvalue weighted by atomic mass is 10.2. The number of aromatic amines is 1. The van der Waals surface area contributed by atoms with Gasteiger partial charge in [0.05, 0.1) is 26.0 Å². The highest BCUT2D eigenvalue weighted by molar-refractivity contribution is 6.07. The van der Waals surface area contributed by atoms with Gasteiger partial charge in [0, 0.05) is 17.8 Å². The summed E-state index contributed by atoms with van der Waals surface area (Å²) in [5.74, 6) is 1.68. The molecule has 1 heterocycles. The predicted octanol–water partition coefficient (Wildman–Crippen LogP) is 3.61. The molecule has 0 aliphatic carbocycles. The third kappa shape index (κ3) is 4.95. The highest BCUT2D eigenvalue weighted by Gasteiger charge is 2.19. The van der Waals surface area contributed by atoms with Crippen LogP contribution in [-0.4, -0.2) is 41.6 Å². The summed E-state index contributed by atoms with van der Waals surface area (Å²) in [7, 11) is 1.58. The van der Waals surface area contributed by atoms with Gasteiger partial charge >= 0.3 is 0 Å². The Hall–Kier alpha value is -3.75. The van der Waals surface area contributed by atoms with Crippen molar-refractivity contribution in [2.45, 2.75) is 13.8 Å². The van der Waals surface area contributed by atoms with Gasteiger partial charge in [0.15, 0.2) is 11.5 Å². The van der Waals surface area contributed by atoms with Gasteiger partial charge in [0.2, 0.25) is 0 Å². The van der Waals surface area contributed by atoms with Crippen molar-refractivity contribution in [3.05, 3.63) is 48.2 Å². The van der Waals surface area contributed by atoms with Gasteiger partial charge in [-0.3, -0.25) is 4.79 Å². The first-order valence-electron chi connectivity index (χ1n) is 9.17. The summed E-state index contributed by atoms with van der Waals surface area (Å²) in [4.78, 5) is 12.8. The van der Waals surface area contributed by atoms with Crippen LogP contribution in [0.2, 0.25) is 0 Å². The Kier molecular flexibility index (Phi) is 6.51. The molecule has 0 unspecified atom stereocenters. The predicted molar refractivity (Wildman–Crippen MR) is 109 cm³/mol. The van der Waals surface area contributed by atoms with Gasteiger partial charge < -0.3 is 24.8 Å². The fourth-order valence-electron chi connectivity index (χ4n) is 2.64. The third-order valence-electron chi connectivity index (χ3n) is 3.91. The van der Waals surface area contributed by atoms with E-state index in [0.717, 1.165) is 0 Å². The largest absolute Gasteiger partial charge is 0.497 e. The van der Waals surface area contributed by atoms with Gasteiger partial charge in [0.25, 0.3) is 5.91 Å². The Bertz CT molecular complexity index is 973. The van der Waals surface area contributed by atoms with Crippen molar-refractivity contribution in [3.63, 3.8) is 0 Å². The van der Waals surface area contributed by atoms with Crippen LogP contribution in [0.25, 0.3) is 0 Å². The summed E-state index contributed by atoms with van der Waals surface area (Å²) in [6, 6.07) is 12.5. The second-order valence-electron chi connectivity index (χ2n) is 5.86. The number of anilines is 3. The maximum absolute atomic E-state index is 12.8. The molecule has 3 N–H and O–H groups in total. The number of nitrogens with one attached hydrogen (secondary N) is 3. The molecule has 0 aliphatic rings. The van der Waals surface area contributed by atoms with Crippen LogP contribution in [0.5, 0.6) is 17.2 Å². The number of hydrogen-bond acceptors (Lipinski definition) is 7. The van der Waals surface area contributed by atoms with Crippen LogP contribution in [0.1, 0.15) is 24.3 Å². The molecule has 0 spiro atoms. The van der Waals surface area contributed by atoms with Crippen LogP contribution in [0.15, 0.2) is 42.5 Å². The second kappa shape index (κ2) is 9.45. The second-order valence-corrected chi connectivity index (χ2v) is 5.86. The fraction of sp³-hybridized carbons (Fsp3) is 0.250. The topological polar surface area (TPSA) is 110 Å². The number of H-pyrrole nitrogens is 1. The molecule has 0 fully saturated rings. The molecule has 0 saturated heterocycles. The number of carbonyl (C=O) groups excluding carboxylic acids is 1. The van der Waals surface area contributed by atoms with E-state index in [9.17, 15) is 4.79 Å². The lowest BCUT2D eigenvalue weighted by Gasteiger charge is -2.13. The number of methoxy groups -OCH3 is 1. The maximum Gasteiger partial charge on any atom is 0.280 e. The molecular weight excluding hydrogens is 374 g/mol. The molecule has 1 aromatic heterocycles. The Balaban J connectivity index is 1.81. The minimum Gasteiger partial charge on any atom is -0.497 e. The van der Waals surface area contributed by atoms with E-state index in [1.54, 1.807) is 31.4 Å². The van der Waals surface area contributed by atoms with E-state index >= 15 is 0 Å². The normalized spacial score (nSPS) is 10.3. The molecule has 0 saturated carbocycles. The van der Waals surface area contributed by atoms with Crippen molar-refractivity contribution < 1.29 is 19.0 Å². The molecule has 3 rings (SSSR count). The van der Waals surface area contributed by atoms with Crippen molar-refractivity contribution in [2.24, 2.45) is 0 Å². The van der Waals surface area contributed by atoms with Crippen LogP contribution in [0.4, 0.5) is 17.2 Å². The Morgan fingerprint density at radius 3 is 2.62 bits per heavy atom. The number of ether oxygens (including phenoxy) is 3. The minimum atomic E-state index is -0.446. The molecule has 2 aromatic carbocycles. The maximum atomic E-state index is 12.8. The molecule has 3 aromatic rings. The van der Waals surface area contributed by atoms with Gasteiger partial charge in [0.1, 0.15) is 17.2 Å². The van der Waals surface area contributed by atoms with Crippen LogP contribution >= 0.6 is 0 Å². The lowest BCUT2D eigenvalue weighted by Crippen LogP contribution is -2.15. The quantitative estimate of drug-likeness (QED) is 0.506. The first kappa shape index (κ1) is 20.0. The highest BCUT2D eigenvalue weighted by atomic mass is 16.5. The Labute approximate surface area is 168 Å². The van der Waals surface area contributed by atoms with Crippen molar-refractivity contribution in [2.75, 3.05) is 31.0 Å². The molecule has 0 aliphatic heterocycles. The molecule has 9 nitrogen and oxygen atoms in total. The highest BCUT2D eigenvalue weighted by Crippen LogP contribution is 2.30. The molecule has 0 atom stereocenters. The van der Waals surface area contributed by atoms with Crippen LogP contribution in [0, 0.1) is 0 Å². The first-order chi connectivity index (χ1) is 14.1. The smallest absolute Gasteiger partial charge is 0.280 e. The lowest BCUT2D eigenvalue weighted by molar-refractivity contribution is 0.102. The number of hydrogen-bond donors (Lipinski definition) is 3. The molecule has 0 radical (unpaired) electrons. The number of benzene rings is 2. The standard InChI is InChI=1S/C20H23N5O4/c1-4-28-15-9-10-17(29-5-2)16(12-15)22-20(26)18-19(24-25-23-18)21-13-7-6-8-14(11-13)27-3/h6-12H,4-5H2,1-3H3,(H,22,26)(H2,21,23,24,25). The van der Waals surface area contributed by atoms with E-state index in [1.165, 1.54) is 0 Å². The van der Waals surface area contributed by atoms with Crippen LogP contribution in [0.3, 0.4) is 0 Å². The Morgan fingerprint density at radius 2 is 1.86 bits per heavy atom. The number of aromatic nitrogens is 3. The SMILES string of the molecule is CCOc1ccc(OCC)c(NC(=O)c2n[nH]nc2Nc2cccc(OC)c2)c1. The molecule has 29 heavy (non-hydrogen) atoms. The summed E-state index contributed by atoms with van der Waals surface area (Å²) in [5, 5.41) is 16.4. The van der Waals surface area contributed by atoms with Crippen molar-refractivity contribution in [1.82, 2.24) is 15.4 Å². The first-order valence-corrected chi connectivity index (χ1v) is 9.17. The molecule has 152 valence electrons. The summed E-state index contributed by atoms with van der Waals surface area (Å²) in [6.45, 7) is 4.74. The van der Waals surface area contributed by atoms with Gasteiger partial charge in [-0.25, -0.2) is 0 Å². The fourth-order valence-corrected chi connectivity index (χ4v) is 2.64. The van der Waals surface area contributed by atoms with E-state index in [2.05, 4.69) is 26.0 Å². The van der Waals surface area contributed by atoms with Gasteiger partial charge in [-0.2, -0.15) is 5.21 Å². The monoisotopic (exact) mass is 397 g/mol. The zero-order chi connectivity index (χ0) is 20.6. The van der Waals surface area contributed by atoms with Crippen LogP contribution in [-0.2, 0) is 0 Å². The van der Waals surface area contributed by atoms with Crippen LogP contribution < -0.4 is 24.8 Å². The molecule has 9 heteroatoms. The van der Waals surface area contributed by atoms with E-state index in [0.29, 0.717) is 41.8 Å². The minimum absolute atomic E-state index is 0.108.